The number of fused-ring (bicyclic) bond motifs is 1. The van der Waals surface area contributed by atoms with Crippen LogP contribution in [0.3, 0.4) is 0 Å². The number of nitrogens with zero attached hydrogens (tertiary/aromatic N) is 6. The lowest BCUT2D eigenvalue weighted by Gasteiger charge is -2.40. The molecule has 0 bridgehead atoms. The summed E-state index contributed by atoms with van der Waals surface area (Å²) >= 11 is 0. The van der Waals surface area contributed by atoms with E-state index in [0.717, 1.165) is 5.56 Å². The SMILES string of the molecule is C[C@@H]1CN(c2ncc(-c3ccc4c(=O)n(C)n(Cc5ccccc5OC(F)F)c4c3)cn2)CCN1C(=O)C(O)CNC(=O)O. The Bertz CT molecular complexity index is 1730. The molecule has 2 amide bonds. The molecule has 232 valence electrons. The fourth-order valence-corrected chi connectivity index (χ4v) is 5.31. The summed E-state index contributed by atoms with van der Waals surface area (Å²) in [5.74, 6) is -0.0704. The number of amides is 2. The molecule has 15 heteroatoms. The molecule has 2 aromatic carbocycles. The van der Waals surface area contributed by atoms with Gasteiger partial charge in [-0.2, -0.15) is 8.78 Å². The van der Waals surface area contributed by atoms with Gasteiger partial charge in [0.05, 0.1) is 24.0 Å². The summed E-state index contributed by atoms with van der Waals surface area (Å²) in [5, 5.41) is 21.3. The van der Waals surface area contributed by atoms with E-state index in [1.807, 2.05) is 23.2 Å². The second-order valence-electron chi connectivity index (χ2n) is 10.4. The Morgan fingerprint density at radius 1 is 1.11 bits per heavy atom. The van der Waals surface area contributed by atoms with Crippen molar-refractivity contribution in [2.45, 2.75) is 32.2 Å². The van der Waals surface area contributed by atoms with Gasteiger partial charge < -0.3 is 30.1 Å². The van der Waals surface area contributed by atoms with Crippen LogP contribution in [0.5, 0.6) is 5.75 Å². The summed E-state index contributed by atoms with van der Waals surface area (Å²) in [7, 11) is 1.61. The van der Waals surface area contributed by atoms with Crippen LogP contribution in [0.25, 0.3) is 22.0 Å². The lowest BCUT2D eigenvalue weighted by Crippen LogP contribution is -2.57. The van der Waals surface area contributed by atoms with Crippen molar-refractivity contribution in [3.63, 3.8) is 0 Å². The molecule has 3 heterocycles. The van der Waals surface area contributed by atoms with E-state index in [2.05, 4.69) is 14.7 Å². The van der Waals surface area contributed by atoms with Gasteiger partial charge in [0.2, 0.25) is 5.95 Å². The molecule has 1 saturated heterocycles. The van der Waals surface area contributed by atoms with E-state index in [9.17, 15) is 28.3 Å². The first kappa shape index (κ1) is 30.4. The van der Waals surface area contributed by atoms with Gasteiger partial charge >= 0.3 is 12.7 Å². The van der Waals surface area contributed by atoms with E-state index in [0.29, 0.717) is 47.6 Å². The molecule has 0 aliphatic carbocycles. The first-order chi connectivity index (χ1) is 21.0. The summed E-state index contributed by atoms with van der Waals surface area (Å²) in [6, 6.07) is 11.5. The summed E-state index contributed by atoms with van der Waals surface area (Å²) < 4.78 is 33.7. The number of nitrogens with one attached hydrogen (secondary N) is 1. The summed E-state index contributed by atoms with van der Waals surface area (Å²) in [5.41, 5.74) is 2.29. The van der Waals surface area contributed by atoms with Gasteiger partial charge in [0.25, 0.3) is 11.5 Å². The van der Waals surface area contributed by atoms with Gasteiger partial charge in [0, 0.05) is 56.2 Å². The Morgan fingerprint density at radius 3 is 2.52 bits per heavy atom. The van der Waals surface area contributed by atoms with E-state index < -0.39 is 31.3 Å². The molecule has 1 aliphatic heterocycles. The highest BCUT2D eigenvalue weighted by atomic mass is 19.3. The third kappa shape index (κ3) is 6.32. The first-order valence-electron chi connectivity index (χ1n) is 13.8. The highest BCUT2D eigenvalue weighted by Gasteiger charge is 2.32. The number of aromatic nitrogens is 4. The topological polar surface area (TPSA) is 155 Å². The van der Waals surface area contributed by atoms with E-state index in [1.54, 1.807) is 54.5 Å². The summed E-state index contributed by atoms with van der Waals surface area (Å²) in [6.45, 7) is -0.318. The summed E-state index contributed by atoms with van der Waals surface area (Å²) in [4.78, 5) is 48.7. The molecule has 4 aromatic rings. The molecule has 0 spiro atoms. The Morgan fingerprint density at radius 2 is 1.84 bits per heavy atom. The number of carbonyl (C=O) groups excluding carboxylic acids is 1. The number of carboxylic acid groups (broad SMARTS) is 1. The number of aliphatic hydroxyl groups is 1. The quantitative estimate of drug-likeness (QED) is 0.258. The van der Waals surface area contributed by atoms with Crippen LogP contribution in [0.2, 0.25) is 0 Å². The number of hydrogen-bond acceptors (Lipinski definition) is 8. The van der Waals surface area contributed by atoms with Gasteiger partial charge in [0.1, 0.15) is 11.9 Å². The molecule has 1 fully saturated rings. The second kappa shape index (κ2) is 12.7. The van der Waals surface area contributed by atoms with E-state index in [4.69, 9.17) is 5.11 Å². The van der Waals surface area contributed by atoms with Crippen LogP contribution in [-0.4, -0.2) is 91.4 Å². The Kier molecular flexibility index (Phi) is 8.76. The van der Waals surface area contributed by atoms with Crippen molar-refractivity contribution in [3.8, 4) is 16.9 Å². The van der Waals surface area contributed by atoms with E-state index in [1.165, 1.54) is 15.6 Å². The predicted molar refractivity (Wildman–Crippen MR) is 156 cm³/mol. The zero-order valence-electron chi connectivity index (χ0n) is 23.9. The highest BCUT2D eigenvalue weighted by Crippen LogP contribution is 2.27. The van der Waals surface area contributed by atoms with Gasteiger partial charge in [-0.25, -0.2) is 14.8 Å². The van der Waals surface area contributed by atoms with Crippen LogP contribution >= 0.6 is 0 Å². The standard InChI is InChI=1S/C29H31F2N7O6/c1-17-15-36(9-10-37(17)26(41)23(39)14-34-29(42)43)28-32-12-20(13-33-28)18-7-8-21-22(11-18)38(35(2)25(21)40)16-19-5-3-4-6-24(19)44-27(30)31/h3-8,11-13,17,23,27,34,39H,9-10,14-16H2,1-2H3,(H,42,43)/t17-,23?/m1/s1. The Hall–Kier alpha value is -5.05. The van der Waals surface area contributed by atoms with Gasteiger partial charge in [-0.1, -0.05) is 24.3 Å². The minimum absolute atomic E-state index is 0.0304. The van der Waals surface area contributed by atoms with Crippen LogP contribution in [0.1, 0.15) is 12.5 Å². The molecule has 0 radical (unpaired) electrons. The number of anilines is 1. The van der Waals surface area contributed by atoms with Crippen LogP contribution in [-0.2, 0) is 18.4 Å². The zero-order chi connectivity index (χ0) is 31.5. The number of ether oxygens (including phenoxy) is 1. The summed E-state index contributed by atoms with van der Waals surface area (Å²) in [6.07, 6.45) is 0.514. The molecule has 1 aliphatic rings. The molecular formula is C29H31F2N7O6. The number of para-hydroxylation sites is 1. The number of hydrogen-bond donors (Lipinski definition) is 3. The maximum atomic E-state index is 13.0. The molecule has 2 aromatic heterocycles. The average molecular weight is 612 g/mol. The number of rotatable bonds is 9. The van der Waals surface area contributed by atoms with Crippen molar-refractivity contribution in [2.75, 3.05) is 31.1 Å². The van der Waals surface area contributed by atoms with Crippen LogP contribution in [0.4, 0.5) is 19.5 Å². The minimum Gasteiger partial charge on any atom is -0.465 e. The third-order valence-electron chi connectivity index (χ3n) is 7.57. The number of alkyl halides is 2. The zero-order valence-corrected chi connectivity index (χ0v) is 23.9. The average Bonchev–Trinajstić information content (AvgIpc) is 3.24. The predicted octanol–water partition coefficient (Wildman–Crippen LogP) is 2.11. The Labute approximate surface area is 249 Å². The van der Waals surface area contributed by atoms with Gasteiger partial charge in [-0.3, -0.25) is 19.0 Å². The number of carbonyl (C=O) groups is 2. The van der Waals surface area contributed by atoms with Crippen molar-refractivity contribution in [2.24, 2.45) is 7.05 Å². The van der Waals surface area contributed by atoms with Crippen molar-refractivity contribution in [1.29, 1.82) is 0 Å². The fourth-order valence-electron chi connectivity index (χ4n) is 5.31. The number of piperazine rings is 1. The minimum atomic E-state index is -2.98. The van der Waals surface area contributed by atoms with Gasteiger partial charge in [0.15, 0.2) is 0 Å². The monoisotopic (exact) mass is 611 g/mol. The van der Waals surface area contributed by atoms with E-state index >= 15 is 0 Å². The normalized spacial score (nSPS) is 15.9. The van der Waals surface area contributed by atoms with Crippen molar-refractivity contribution in [3.05, 3.63) is 70.8 Å². The van der Waals surface area contributed by atoms with E-state index in [-0.39, 0.29) is 23.9 Å². The maximum absolute atomic E-state index is 13.0. The van der Waals surface area contributed by atoms with Crippen molar-refractivity contribution >= 4 is 28.9 Å². The van der Waals surface area contributed by atoms with Crippen LogP contribution < -0.4 is 20.5 Å². The number of halogens is 2. The maximum Gasteiger partial charge on any atom is 0.404 e. The van der Waals surface area contributed by atoms with Crippen LogP contribution in [0.15, 0.2) is 59.7 Å². The van der Waals surface area contributed by atoms with Crippen LogP contribution in [0, 0.1) is 0 Å². The molecule has 5 rings (SSSR count). The second-order valence-corrected chi connectivity index (χ2v) is 10.4. The highest BCUT2D eigenvalue weighted by molar-refractivity contribution is 5.84. The lowest BCUT2D eigenvalue weighted by atomic mass is 10.1. The first-order valence-corrected chi connectivity index (χ1v) is 13.8. The van der Waals surface area contributed by atoms with Crippen molar-refractivity contribution < 1.29 is 33.3 Å². The molecule has 3 N–H and O–H groups in total. The largest absolute Gasteiger partial charge is 0.465 e. The molecular weight excluding hydrogens is 580 g/mol. The smallest absolute Gasteiger partial charge is 0.404 e. The fraction of sp³-hybridized carbons (Fsp3) is 0.345. The van der Waals surface area contributed by atoms with Gasteiger partial charge in [-0.15, -0.1) is 0 Å². The molecule has 44 heavy (non-hydrogen) atoms. The molecule has 2 atom stereocenters. The molecule has 0 saturated carbocycles. The lowest BCUT2D eigenvalue weighted by molar-refractivity contribution is -0.142. The third-order valence-corrected chi connectivity index (χ3v) is 7.57. The molecule has 13 nitrogen and oxygen atoms in total. The number of benzene rings is 2. The molecule has 1 unspecified atom stereocenters. The van der Waals surface area contributed by atoms with Crippen molar-refractivity contribution in [1.82, 2.24) is 29.5 Å². The Balaban J connectivity index is 1.33. The van der Waals surface area contributed by atoms with Gasteiger partial charge in [-0.05, 0) is 30.7 Å². The number of aliphatic hydroxyl groups excluding tert-OH is 1.